The van der Waals surface area contributed by atoms with Gasteiger partial charge in [-0.25, -0.2) is 4.98 Å². The van der Waals surface area contributed by atoms with E-state index in [1.165, 1.54) is 29.5 Å². The van der Waals surface area contributed by atoms with Gasteiger partial charge in [-0.2, -0.15) is 0 Å². The molecular weight excluding hydrogens is 416 g/mol. The number of methoxy groups -OCH3 is 1. The van der Waals surface area contributed by atoms with E-state index in [4.69, 9.17) is 9.72 Å². The Morgan fingerprint density at radius 3 is 2.50 bits per heavy atom. The van der Waals surface area contributed by atoms with E-state index in [0.717, 1.165) is 39.7 Å². The van der Waals surface area contributed by atoms with E-state index in [2.05, 4.69) is 51.1 Å². The molecule has 0 bridgehead atoms. The highest BCUT2D eigenvalue weighted by atomic mass is 32.1. The quantitative estimate of drug-likeness (QED) is 0.415. The van der Waals surface area contributed by atoms with Crippen LogP contribution in [-0.2, 0) is 6.42 Å². The molecule has 2 aromatic carbocycles. The van der Waals surface area contributed by atoms with Crippen LogP contribution in [0.15, 0.2) is 36.4 Å². The number of amides is 1. The van der Waals surface area contributed by atoms with Gasteiger partial charge in [-0.1, -0.05) is 30.3 Å². The van der Waals surface area contributed by atoms with Crippen LogP contribution < -0.4 is 4.74 Å². The van der Waals surface area contributed by atoms with E-state index in [0.29, 0.717) is 18.2 Å². The SMILES string of the molecule is COc1ccc(CCN(CC2CC2)C(=O)c2nc(C)sc2-c2ccc(C)c(C)c2)cc1C. The molecule has 0 saturated heterocycles. The van der Waals surface area contributed by atoms with Crippen molar-refractivity contribution in [1.82, 2.24) is 9.88 Å². The fraction of sp³-hybridized carbons (Fsp3) is 0.407. The number of carbonyl (C=O) groups excluding carboxylic acids is 1. The summed E-state index contributed by atoms with van der Waals surface area (Å²) in [7, 11) is 1.70. The lowest BCUT2D eigenvalue weighted by Crippen LogP contribution is -2.35. The molecule has 1 aliphatic rings. The van der Waals surface area contributed by atoms with E-state index in [1.54, 1.807) is 18.4 Å². The van der Waals surface area contributed by atoms with E-state index in [9.17, 15) is 4.79 Å². The summed E-state index contributed by atoms with van der Waals surface area (Å²) in [5.41, 5.74) is 6.52. The van der Waals surface area contributed by atoms with Gasteiger partial charge < -0.3 is 9.64 Å². The lowest BCUT2D eigenvalue weighted by molar-refractivity contribution is 0.0745. The van der Waals surface area contributed by atoms with E-state index >= 15 is 0 Å². The standard InChI is InChI=1S/C27H32N2O2S/c1-17-6-10-23(15-18(17)2)26-25(28-20(4)32-26)27(30)29(16-22-7-8-22)13-12-21-9-11-24(31-5)19(3)14-21/h6,9-11,14-15,22H,7-8,12-13,16H2,1-5H3. The van der Waals surface area contributed by atoms with Crippen LogP contribution in [-0.4, -0.2) is 36.0 Å². The second-order valence-electron chi connectivity index (χ2n) is 8.96. The molecule has 1 heterocycles. The third-order valence-electron chi connectivity index (χ3n) is 6.30. The minimum atomic E-state index is 0.0553. The summed E-state index contributed by atoms with van der Waals surface area (Å²) >= 11 is 1.61. The summed E-state index contributed by atoms with van der Waals surface area (Å²) in [6, 6.07) is 12.7. The summed E-state index contributed by atoms with van der Waals surface area (Å²) < 4.78 is 5.38. The fourth-order valence-electron chi connectivity index (χ4n) is 4.05. The van der Waals surface area contributed by atoms with Gasteiger partial charge in [-0.05, 0) is 86.8 Å². The molecule has 1 aliphatic carbocycles. The van der Waals surface area contributed by atoms with Gasteiger partial charge in [0.15, 0.2) is 0 Å². The lowest BCUT2D eigenvalue weighted by atomic mass is 10.0. The first-order valence-electron chi connectivity index (χ1n) is 11.3. The molecule has 0 radical (unpaired) electrons. The molecule has 3 aromatic rings. The van der Waals surface area contributed by atoms with Crippen LogP contribution in [0.3, 0.4) is 0 Å². The molecule has 32 heavy (non-hydrogen) atoms. The number of carbonyl (C=O) groups is 1. The smallest absolute Gasteiger partial charge is 0.274 e. The molecule has 168 valence electrons. The molecule has 0 spiro atoms. The van der Waals surface area contributed by atoms with Crippen LogP contribution in [0.2, 0.25) is 0 Å². The topological polar surface area (TPSA) is 42.4 Å². The molecule has 0 atom stereocenters. The Bertz CT molecular complexity index is 1130. The van der Waals surface area contributed by atoms with Crippen LogP contribution in [0.25, 0.3) is 10.4 Å². The first-order valence-corrected chi connectivity index (χ1v) is 12.1. The maximum atomic E-state index is 13.7. The number of aromatic nitrogens is 1. The Balaban J connectivity index is 1.58. The zero-order valence-electron chi connectivity index (χ0n) is 19.7. The normalized spacial score (nSPS) is 13.3. The summed E-state index contributed by atoms with van der Waals surface area (Å²) in [4.78, 5) is 21.4. The maximum absolute atomic E-state index is 13.7. The Labute approximate surface area is 195 Å². The van der Waals surface area contributed by atoms with Crippen molar-refractivity contribution in [3.05, 3.63) is 69.4 Å². The van der Waals surface area contributed by atoms with Gasteiger partial charge in [-0.15, -0.1) is 11.3 Å². The molecule has 0 aliphatic heterocycles. The second kappa shape index (κ2) is 9.45. The Morgan fingerprint density at radius 1 is 1.06 bits per heavy atom. The number of aryl methyl sites for hydroxylation is 4. The number of rotatable bonds is 8. The van der Waals surface area contributed by atoms with Crippen molar-refractivity contribution in [3.63, 3.8) is 0 Å². The van der Waals surface area contributed by atoms with Crippen LogP contribution in [0.5, 0.6) is 5.75 Å². The molecule has 1 saturated carbocycles. The summed E-state index contributed by atoms with van der Waals surface area (Å²) in [5.74, 6) is 1.58. The average molecular weight is 449 g/mol. The number of hydrogen-bond acceptors (Lipinski definition) is 4. The average Bonchev–Trinajstić information content (AvgIpc) is 3.51. The predicted molar refractivity (Wildman–Crippen MR) is 132 cm³/mol. The van der Waals surface area contributed by atoms with Gasteiger partial charge in [0, 0.05) is 13.1 Å². The number of ether oxygens (including phenoxy) is 1. The number of thiazole rings is 1. The van der Waals surface area contributed by atoms with Gasteiger partial charge in [0.25, 0.3) is 5.91 Å². The van der Waals surface area contributed by atoms with Gasteiger partial charge in [-0.3, -0.25) is 4.79 Å². The maximum Gasteiger partial charge on any atom is 0.274 e. The summed E-state index contributed by atoms with van der Waals surface area (Å²) in [5, 5.41) is 0.929. The first-order chi connectivity index (χ1) is 15.4. The highest BCUT2D eigenvalue weighted by Gasteiger charge is 2.30. The minimum absolute atomic E-state index is 0.0553. The van der Waals surface area contributed by atoms with Crippen molar-refractivity contribution < 1.29 is 9.53 Å². The van der Waals surface area contributed by atoms with Crippen LogP contribution >= 0.6 is 11.3 Å². The monoisotopic (exact) mass is 448 g/mol. The van der Waals surface area contributed by atoms with Crippen molar-refractivity contribution >= 4 is 17.2 Å². The van der Waals surface area contributed by atoms with Gasteiger partial charge in [0.1, 0.15) is 11.4 Å². The van der Waals surface area contributed by atoms with Crippen molar-refractivity contribution in [2.24, 2.45) is 5.92 Å². The molecular formula is C27H32N2O2S. The fourth-order valence-corrected chi connectivity index (χ4v) is 4.95. The highest BCUT2D eigenvalue weighted by Crippen LogP contribution is 2.34. The highest BCUT2D eigenvalue weighted by molar-refractivity contribution is 7.15. The Morgan fingerprint density at radius 2 is 1.84 bits per heavy atom. The first kappa shape index (κ1) is 22.5. The third-order valence-corrected chi connectivity index (χ3v) is 7.32. The number of hydrogen-bond donors (Lipinski definition) is 0. The predicted octanol–water partition coefficient (Wildman–Crippen LogP) is 6.15. The van der Waals surface area contributed by atoms with Crippen molar-refractivity contribution in [2.45, 2.75) is 47.0 Å². The Kier molecular flexibility index (Phi) is 6.66. The van der Waals surface area contributed by atoms with Crippen LogP contribution in [0.1, 0.15) is 50.6 Å². The van der Waals surface area contributed by atoms with E-state index in [-0.39, 0.29) is 5.91 Å². The molecule has 1 aromatic heterocycles. The number of nitrogens with zero attached hydrogens (tertiary/aromatic N) is 2. The molecule has 4 nitrogen and oxygen atoms in total. The second-order valence-corrected chi connectivity index (χ2v) is 10.2. The molecule has 0 unspecified atom stereocenters. The van der Waals surface area contributed by atoms with Gasteiger partial charge in [0.05, 0.1) is 17.0 Å². The summed E-state index contributed by atoms with van der Waals surface area (Å²) in [6.45, 7) is 9.79. The van der Waals surface area contributed by atoms with Gasteiger partial charge in [0.2, 0.25) is 0 Å². The summed E-state index contributed by atoms with van der Waals surface area (Å²) in [6.07, 6.45) is 3.25. The van der Waals surface area contributed by atoms with Crippen LogP contribution in [0.4, 0.5) is 0 Å². The minimum Gasteiger partial charge on any atom is -0.496 e. The Hall–Kier alpha value is -2.66. The zero-order chi connectivity index (χ0) is 22.8. The molecule has 5 heteroatoms. The van der Waals surface area contributed by atoms with E-state index in [1.807, 2.05) is 17.9 Å². The van der Waals surface area contributed by atoms with Gasteiger partial charge >= 0.3 is 0 Å². The largest absolute Gasteiger partial charge is 0.496 e. The van der Waals surface area contributed by atoms with Crippen molar-refractivity contribution in [2.75, 3.05) is 20.2 Å². The number of benzene rings is 2. The molecule has 4 rings (SSSR count). The molecule has 1 fully saturated rings. The third kappa shape index (κ3) is 5.04. The van der Waals surface area contributed by atoms with Crippen molar-refractivity contribution in [1.29, 1.82) is 0 Å². The zero-order valence-corrected chi connectivity index (χ0v) is 20.5. The van der Waals surface area contributed by atoms with Crippen LogP contribution in [0, 0.1) is 33.6 Å². The molecule has 0 N–H and O–H groups in total. The van der Waals surface area contributed by atoms with E-state index < -0.39 is 0 Å². The lowest BCUT2D eigenvalue weighted by Gasteiger charge is -2.23. The molecule has 1 amide bonds. The van der Waals surface area contributed by atoms with Crippen molar-refractivity contribution in [3.8, 4) is 16.2 Å².